The van der Waals surface area contributed by atoms with Gasteiger partial charge in [-0.05, 0) is 31.2 Å². The normalized spacial score (nSPS) is 9.95. The zero-order chi connectivity index (χ0) is 14.3. The SMILES string of the molecule is Cc1ccc(S(=O)(=O)O)cc1.N#Cc1ccncc1. The van der Waals surface area contributed by atoms with Crippen LogP contribution < -0.4 is 0 Å². The molecule has 2 rings (SSSR count). The zero-order valence-corrected chi connectivity index (χ0v) is 11.0. The summed E-state index contributed by atoms with van der Waals surface area (Å²) in [4.78, 5) is 3.68. The molecule has 0 aliphatic heterocycles. The van der Waals surface area contributed by atoms with Gasteiger partial charge in [0.1, 0.15) is 0 Å². The van der Waals surface area contributed by atoms with E-state index in [1.807, 2.05) is 13.0 Å². The topological polar surface area (TPSA) is 91.0 Å². The van der Waals surface area contributed by atoms with Crippen LogP contribution in [0.5, 0.6) is 0 Å². The van der Waals surface area contributed by atoms with Crippen molar-refractivity contribution in [3.63, 3.8) is 0 Å². The number of benzene rings is 1. The Labute approximate surface area is 111 Å². The molecule has 0 saturated carbocycles. The monoisotopic (exact) mass is 276 g/mol. The summed E-state index contributed by atoms with van der Waals surface area (Å²) in [6, 6.07) is 11.3. The van der Waals surface area contributed by atoms with Crippen molar-refractivity contribution < 1.29 is 13.0 Å². The third kappa shape index (κ3) is 5.29. The molecule has 0 amide bonds. The van der Waals surface area contributed by atoms with E-state index in [9.17, 15) is 8.42 Å². The number of pyridine rings is 1. The van der Waals surface area contributed by atoms with E-state index in [0.717, 1.165) is 5.56 Å². The maximum atomic E-state index is 10.5. The molecule has 1 heterocycles. The predicted molar refractivity (Wildman–Crippen MR) is 69.9 cm³/mol. The lowest BCUT2D eigenvalue weighted by atomic mass is 10.2. The molecule has 2 aromatic rings. The molecule has 0 aliphatic carbocycles. The van der Waals surface area contributed by atoms with Gasteiger partial charge in [-0.2, -0.15) is 13.7 Å². The fourth-order valence-corrected chi connectivity index (χ4v) is 1.62. The Morgan fingerprint density at radius 1 is 1.11 bits per heavy atom. The number of hydrogen-bond acceptors (Lipinski definition) is 4. The molecule has 1 aromatic carbocycles. The highest BCUT2D eigenvalue weighted by molar-refractivity contribution is 7.85. The Morgan fingerprint density at radius 2 is 1.63 bits per heavy atom. The van der Waals surface area contributed by atoms with Crippen molar-refractivity contribution in [3.8, 4) is 6.07 Å². The van der Waals surface area contributed by atoms with Gasteiger partial charge in [-0.1, -0.05) is 17.7 Å². The third-order valence-electron chi connectivity index (χ3n) is 2.13. The molecule has 0 spiro atoms. The number of hydrogen-bond donors (Lipinski definition) is 1. The fourth-order valence-electron chi connectivity index (χ4n) is 1.14. The summed E-state index contributed by atoms with van der Waals surface area (Å²) in [6.45, 7) is 1.84. The summed E-state index contributed by atoms with van der Waals surface area (Å²) in [5, 5.41) is 8.26. The van der Waals surface area contributed by atoms with E-state index < -0.39 is 10.1 Å². The second-order valence-corrected chi connectivity index (χ2v) is 5.06. The molecule has 0 unspecified atom stereocenters. The number of aryl methyl sites for hydroxylation is 1. The lowest BCUT2D eigenvalue weighted by molar-refractivity contribution is 0.483. The lowest BCUT2D eigenvalue weighted by Crippen LogP contribution is -1.96. The molecule has 0 atom stereocenters. The van der Waals surface area contributed by atoms with Crippen LogP contribution in [0, 0.1) is 18.3 Å². The zero-order valence-electron chi connectivity index (χ0n) is 10.2. The van der Waals surface area contributed by atoms with Crippen LogP contribution >= 0.6 is 0 Å². The molecule has 1 aromatic heterocycles. The fraction of sp³-hybridized carbons (Fsp3) is 0.0769. The molecular formula is C13H12N2O3S. The predicted octanol–water partition coefficient (Wildman–Crippen LogP) is 2.20. The van der Waals surface area contributed by atoms with E-state index in [1.54, 1.807) is 36.7 Å². The number of nitriles is 1. The van der Waals surface area contributed by atoms with Gasteiger partial charge in [0.2, 0.25) is 0 Å². The van der Waals surface area contributed by atoms with Crippen molar-refractivity contribution in [2.24, 2.45) is 0 Å². The summed E-state index contributed by atoms with van der Waals surface area (Å²) >= 11 is 0. The Hall–Kier alpha value is -2.23. The lowest BCUT2D eigenvalue weighted by Gasteiger charge is -1.95. The minimum atomic E-state index is -4.02. The molecule has 19 heavy (non-hydrogen) atoms. The molecule has 98 valence electrons. The van der Waals surface area contributed by atoms with E-state index >= 15 is 0 Å². The first kappa shape index (κ1) is 14.8. The highest BCUT2D eigenvalue weighted by Crippen LogP contribution is 2.08. The average molecular weight is 276 g/mol. The van der Waals surface area contributed by atoms with Crippen molar-refractivity contribution in [2.45, 2.75) is 11.8 Å². The van der Waals surface area contributed by atoms with E-state index in [-0.39, 0.29) is 4.90 Å². The summed E-state index contributed by atoms with van der Waals surface area (Å²) in [7, 11) is -4.02. The standard InChI is InChI=1S/C7H8O3S.C6H4N2/c1-6-2-4-7(5-3-6)11(8,9)10;7-5-6-1-3-8-4-2-6/h2-5H,1H3,(H,8,9,10);1-4H. The molecule has 1 N–H and O–H groups in total. The van der Waals surface area contributed by atoms with Crippen molar-refractivity contribution in [2.75, 3.05) is 0 Å². The first-order chi connectivity index (χ1) is 8.93. The minimum Gasteiger partial charge on any atom is -0.282 e. The number of rotatable bonds is 1. The first-order valence-electron chi connectivity index (χ1n) is 5.28. The van der Waals surface area contributed by atoms with Crippen LogP contribution in [0.15, 0.2) is 53.7 Å². The highest BCUT2D eigenvalue weighted by Gasteiger charge is 2.06. The Morgan fingerprint density at radius 3 is 2.00 bits per heavy atom. The first-order valence-corrected chi connectivity index (χ1v) is 6.72. The van der Waals surface area contributed by atoms with Gasteiger partial charge in [0.15, 0.2) is 0 Å². The summed E-state index contributed by atoms with van der Waals surface area (Å²) in [6.07, 6.45) is 3.19. The van der Waals surface area contributed by atoms with Crippen LogP contribution in [-0.4, -0.2) is 18.0 Å². The van der Waals surface area contributed by atoms with Crippen molar-refractivity contribution >= 4 is 10.1 Å². The smallest absolute Gasteiger partial charge is 0.282 e. The van der Waals surface area contributed by atoms with Gasteiger partial charge >= 0.3 is 0 Å². The molecule has 0 bridgehead atoms. The molecular weight excluding hydrogens is 264 g/mol. The molecule has 0 fully saturated rings. The summed E-state index contributed by atoms with van der Waals surface area (Å²) in [5.74, 6) is 0. The van der Waals surface area contributed by atoms with Crippen LogP contribution in [0.2, 0.25) is 0 Å². The average Bonchev–Trinajstić information content (AvgIpc) is 2.40. The number of nitrogens with zero attached hydrogens (tertiary/aromatic N) is 2. The summed E-state index contributed by atoms with van der Waals surface area (Å²) < 4.78 is 29.6. The van der Waals surface area contributed by atoms with E-state index in [0.29, 0.717) is 5.56 Å². The van der Waals surface area contributed by atoms with Crippen molar-refractivity contribution in [3.05, 3.63) is 59.9 Å². The van der Waals surface area contributed by atoms with Crippen LogP contribution in [0.3, 0.4) is 0 Å². The Kier molecular flexibility index (Phi) is 5.18. The molecule has 5 nitrogen and oxygen atoms in total. The van der Waals surface area contributed by atoms with Gasteiger partial charge in [-0.15, -0.1) is 0 Å². The van der Waals surface area contributed by atoms with Crippen LogP contribution in [0.25, 0.3) is 0 Å². The largest absolute Gasteiger partial charge is 0.294 e. The van der Waals surface area contributed by atoms with Gasteiger partial charge in [0, 0.05) is 12.4 Å². The molecule has 6 heteroatoms. The van der Waals surface area contributed by atoms with Crippen LogP contribution in [-0.2, 0) is 10.1 Å². The van der Waals surface area contributed by atoms with Gasteiger partial charge in [0.25, 0.3) is 10.1 Å². The number of aromatic nitrogens is 1. The maximum Gasteiger partial charge on any atom is 0.294 e. The summed E-state index contributed by atoms with van der Waals surface area (Å²) in [5.41, 5.74) is 1.61. The molecule has 0 aliphatic rings. The van der Waals surface area contributed by atoms with Gasteiger partial charge < -0.3 is 0 Å². The minimum absolute atomic E-state index is 0.0666. The van der Waals surface area contributed by atoms with Gasteiger partial charge in [-0.3, -0.25) is 9.54 Å². The van der Waals surface area contributed by atoms with Crippen molar-refractivity contribution in [1.29, 1.82) is 5.26 Å². The second kappa shape index (κ2) is 6.64. The Bertz CT molecular complexity index is 659. The quantitative estimate of drug-likeness (QED) is 0.806. The third-order valence-corrected chi connectivity index (χ3v) is 3.00. The molecule has 0 radical (unpaired) electrons. The molecule has 0 saturated heterocycles. The van der Waals surface area contributed by atoms with Gasteiger partial charge in [0.05, 0.1) is 16.5 Å². The van der Waals surface area contributed by atoms with Crippen molar-refractivity contribution in [1.82, 2.24) is 4.98 Å². The maximum absolute atomic E-state index is 10.5. The highest BCUT2D eigenvalue weighted by atomic mass is 32.2. The van der Waals surface area contributed by atoms with E-state index in [4.69, 9.17) is 9.81 Å². The van der Waals surface area contributed by atoms with Gasteiger partial charge in [-0.25, -0.2) is 0 Å². The van der Waals surface area contributed by atoms with E-state index in [2.05, 4.69) is 4.98 Å². The van der Waals surface area contributed by atoms with Crippen LogP contribution in [0.1, 0.15) is 11.1 Å². The second-order valence-electron chi connectivity index (χ2n) is 3.64. The van der Waals surface area contributed by atoms with Crippen LogP contribution in [0.4, 0.5) is 0 Å². The van der Waals surface area contributed by atoms with E-state index in [1.165, 1.54) is 12.1 Å². The Balaban J connectivity index is 0.000000200.